The molecule has 0 saturated carbocycles. The standard InChI is InChI=1S/C17H29NO2/c1-3-4-5-6-7-12-18-15-16-8-10-17(11-9-16)20-14-13-19-2/h8-11,18H,3-7,12-15H2,1-2H3. The van der Waals surface area contributed by atoms with Crippen molar-refractivity contribution >= 4 is 0 Å². The van der Waals surface area contributed by atoms with Crippen molar-refractivity contribution in [2.24, 2.45) is 0 Å². The number of methoxy groups -OCH3 is 1. The normalized spacial score (nSPS) is 10.7. The monoisotopic (exact) mass is 279 g/mol. The molecular weight excluding hydrogens is 250 g/mol. The van der Waals surface area contributed by atoms with E-state index < -0.39 is 0 Å². The van der Waals surface area contributed by atoms with Gasteiger partial charge in [0.05, 0.1) is 6.61 Å². The Morgan fingerprint density at radius 2 is 1.70 bits per heavy atom. The van der Waals surface area contributed by atoms with Gasteiger partial charge in [-0.3, -0.25) is 0 Å². The molecule has 0 atom stereocenters. The van der Waals surface area contributed by atoms with Crippen LogP contribution in [-0.4, -0.2) is 26.9 Å². The predicted molar refractivity (Wildman–Crippen MR) is 84.3 cm³/mol. The largest absolute Gasteiger partial charge is 0.491 e. The van der Waals surface area contributed by atoms with Gasteiger partial charge in [-0.25, -0.2) is 0 Å². The Hall–Kier alpha value is -1.06. The Morgan fingerprint density at radius 3 is 2.40 bits per heavy atom. The molecule has 20 heavy (non-hydrogen) atoms. The molecule has 0 unspecified atom stereocenters. The number of nitrogens with one attached hydrogen (secondary N) is 1. The van der Waals surface area contributed by atoms with Crippen LogP contribution in [0.15, 0.2) is 24.3 Å². The van der Waals surface area contributed by atoms with Gasteiger partial charge in [-0.2, -0.15) is 0 Å². The molecular formula is C17H29NO2. The number of unbranched alkanes of at least 4 members (excludes halogenated alkanes) is 4. The lowest BCUT2D eigenvalue weighted by molar-refractivity contribution is 0.146. The fourth-order valence-corrected chi connectivity index (χ4v) is 2.03. The highest BCUT2D eigenvalue weighted by Gasteiger charge is 1.96. The van der Waals surface area contributed by atoms with E-state index in [1.165, 1.54) is 37.7 Å². The van der Waals surface area contributed by atoms with Crippen LogP contribution in [-0.2, 0) is 11.3 Å². The van der Waals surface area contributed by atoms with Crippen molar-refractivity contribution < 1.29 is 9.47 Å². The second-order valence-electron chi connectivity index (χ2n) is 5.08. The summed E-state index contributed by atoms with van der Waals surface area (Å²) < 4.78 is 10.5. The van der Waals surface area contributed by atoms with Crippen molar-refractivity contribution in [3.8, 4) is 5.75 Å². The second-order valence-corrected chi connectivity index (χ2v) is 5.08. The molecule has 0 saturated heterocycles. The average molecular weight is 279 g/mol. The smallest absolute Gasteiger partial charge is 0.119 e. The molecule has 0 aliphatic heterocycles. The number of hydrogen-bond donors (Lipinski definition) is 1. The number of ether oxygens (including phenoxy) is 2. The van der Waals surface area contributed by atoms with Crippen molar-refractivity contribution in [1.82, 2.24) is 5.32 Å². The fourth-order valence-electron chi connectivity index (χ4n) is 2.03. The molecule has 1 rings (SSSR count). The number of benzene rings is 1. The molecule has 0 amide bonds. The molecule has 0 aliphatic rings. The van der Waals surface area contributed by atoms with Crippen LogP contribution in [0.3, 0.4) is 0 Å². The quantitative estimate of drug-likeness (QED) is 0.591. The van der Waals surface area contributed by atoms with Crippen LogP contribution in [0.1, 0.15) is 44.6 Å². The Bertz CT molecular complexity index is 324. The van der Waals surface area contributed by atoms with E-state index in [1.807, 2.05) is 12.1 Å². The van der Waals surface area contributed by atoms with Gasteiger partial charge in [0.2, 0.25) is 0 Å². The van der Waals surface area contributed by atoms with E-state index in [9.17, 15) is 0 Å². The van der Waals surface area contributed by atoms with Crippen molar-refractivity contribution in [2.75, 3.05) is 26.9 Å². The molecule has 0 radical (unpaired) electrons. The molecule has 1 N–H and O–H groups in total. The zero-order valence-electron chi connectivity index (χ0n) is 13.0. The van der Waals surface area contributed by atoms with Crippen LogP contribution in [0.2, 0.25) is 0 Å². The zero-order valence-corrected chi connectivity index (χ0v) is 13.0. The van der Waals surface area contributed by atoms with Crippen molar-refractivity contribution in [1.29, 1.82) is 0 Å². The summed E-state index contributed by atoms with van der Waals surface area (Å²) in [6.07, 6.45) is 6.66. The first-order valence-corrected chi connectivity index (χ1v) is 7.78. The summed E-state index contributed by atoms with van der Waals surface area (Å²) >= 11 is 0. The minimum Gasteiger partial charge on any atom is -0.491 e. The molecule has 0 aromatic heterocycles. The van der Waals surface area contributed by atoms with Crippen LogP contribution >= 0.6 is 0 Å². The summed E-state index contributed by atoms with van der Waals surface area (Å²) in [4.78, 5) is 0. The molecule has 1 aromatic rings. The van der Waals surface area contributed by atoms with Crippen LogP contribution in [0.5, 0.6) is 5.75 Å². The zero-order chi connectivity index (χ0) is 14.5. The van der Waals surface area contributed by atoms with Gasteiger partial charge in [0.25, 0.3) is 0 Å². The molecule has 0 bridgehead atoms. The molecule has 0 fully saturated rings. The molecule has 0 spiro atoms. The molecule has 3 heteroatoms. The third-order valence-electron chi connectivity index (χ3n) is 3.27. The van der Waals surface area contributed by atoms with E-state index in [0.717, 1.165) is 18.8 Å². The van der Waals surface area contributed by atoms with Gasteiger partial charge in [0.15, 0.2) is 0 Å². The number of rotatable bonds is 12. The maximum absolute atomic E-state index is 5.54. The number of hydrogen-bond acceptors (Lipinski definition) is 3. The molecule has 0 aliphatic carbocycles. The average Bonchev–Trinajstić information content (AvgIpc) is 2.48. The fraction of sp³-hybridized carbons (Fsp3) is 0.647. The third-order valence-corrected chi connectivity index (χ3v) is 3.27. The minimum absolute atomic E-state index is 0.603. The lowest BCUT2D eigenvalue weighted by atomic mass is 10.1. The summed E-state index contributed by atoms with van der Waals surface area (Å²) in [5, 5.41) is 3.49. The van der Waals surface area contributed by atoms with Gasteiger partial charge >= 0.3 is 0 Å². The van der Waals surface area contributed by atoms with E-state index >= 15 is 0 Å². The molecule has 0 heterocycles. The van der Waals surface area contributed by atoms with E-state index in [2.05, 4.69) is 24.4 Å². The first-order valence-electron chi connectivity index (χ1n) is 7.78. The summed E-state index contributed by atoms with van der Waals surface area (Å²) in [5.41, 5.74) is 1.30. The van der Waals surface area contributed by atoms with Crippen LogP contribution in [0.25, 0.3) is 0 Å². The van der Waals surface area contributed by atoms with Gasteiger partial charge in [0, 0.05) is 13.7 Å². The van der Waals surface area contributed by atoms with Crippen LogP contribution in [0, 0.1) is 0 Å². The maximum atomic E-state index is 5.54. The molecule has 114 valence electrons. The van der Waals surface area contributed by atoms with E-state index in [0.29, 0.717) is 13.2 Å². The third kappa shape index (κ3) is 8.18. The van der Waals surface area contributed by atoms with Gasteiger partial charge < -0.3 is 14.8 Å². The van der Waals surface area contributed by atoms with Crippen molar-refractivity contribution in [3.63, 3.8) is 0 Å². The van der Waals surface area contributed by atoms with Gasteiger partial charge in [-0.15, -0.1) is 0 Å². The van der Waals surface area contributed by atoms with Crippen molar-refractivity contribution in [3.05, 3.63) is 29.8 Å². The summed E-state index contributed by atoms with van der Waals surface area (Å²) in [6, 6.07) is 8.28. The predicted octanol–water partition coefficient (Wildman–Crippen LogP) is 3.77. The van der Waals surface area contributed by atoms with E-state index in [4.69, 9.17) is 9.47 Å². The Morgan fingerprint density at radius 1 is 0.950 bits per heavy atom. The van der Waals surface area contributed by atoms with Crippen molar-refractivity contribution in [2.45, 2.75) is 45.6 Å². The summed E-state index contributed by atoms with van der Waals surface area (Å²) in [5.74, 6) is 0.908. The Kier molecular flexibility index (Phi) is 9.98. The highest BCUT2D eigenvalue weighted by atomic mass is 16.5. The minimum atomic E-state index is 0.603. The van der Waals surface area contributed by atoms with Crippen LogP contribution in [0.4, 0.5) is 0 Å². The summed E-state index contributed by atoms with van der Waals surface area (Å²) in [7, 11) is 1.68. The first kappa shape index (κ1) is 17.0. The molecule has 3 nitrogen and oxygen atoms in total. The topological polar surface area (TPSA) is 30.5 Å². The second kappa shape index (κ2) is 11.7. The van der Waals surface area contributed by atoms with E-state index in [1.54, 1.807) is 7.11 Å². The van der Waals surface area contributed by atoms with E-state index in [-0.39, 0.29) is 0 Å². The molecule has 1 aromatic carbocycles. The highest BCUT2D eigenvalue weighted by molar-refractivity contribution is 5.27. The first-order chi connectivity index (χ1) is 9.86. The lowest BCUT2D eigenvalue weighted by Crippen LogP contribution is -2.14. The maximum Gasteiger partial charge on any atom is 0.119 e. The van der Waals surface area contributed by atoms with Gasteiger partial charge in [-0.05, 0) is 30.7 Å². The van der Waals surface area contributed by atoms with Gasteiger partial charge in [-0.1, -0.05) is 44.7 Å². The Labute approximate surface area is 123 Å². The van der Waals surface area contributed by atoms with Crippen LogP contribution < -0.4 is 10.1 Å². The van der Waals surface area contributed by atoms with Gasteiger partial charge in [0.1, 0.15) is 12.4 Å². The summed E-state index contributed by atoms with van der Waals surface area (Å²) in [6.45, 7) is 5.52. The SMILES string of the molecule is CCCCCCCNCc1ccc(OCCOC)cc1. The lowest BCUT2D eigenvalue weighted by Gasteiger charge is -2.08. The highest BCUT2D eigenvalue weighted by Crippen LogP contribution is 2.12. The Balaban J connectivity index is 2.08.